The van der Waals surface area contributed by atoms with Crippen LogP contribution < -0.4 is 24.4 Å². The first kappa shape index (κ1) is 27.3. The first-order valence-electron chi connectivity index (χ1n) is 11.7. The van der Waals surface area contributed by atoms with Gasteiger partial charge in [-0.1, -0.05) is 25.1 Å². The lowest BCUT2D eigenvalue weighted by Gasteiger charge is -2.13. The molecule has 4 aromatic rings. The smallest absolute Gasteiger partial charge is 0.453 e. The molecule has 10 heteroatoms. The van der Waals surface area contributed by atoms with Crippen LogP contribution in [0, 0.1) is 0 Å². The zero-order valence-corrected chi connectivity index (χ0v) is 21.1. The van der Waals surface area contributed by atoms with Gasteiger partial charge in [0, 0.05) is 12.1 Å². The van der Waals surface area contributed by atoms with Crippen molar-refractivity contribution in [3.8, 4) is 28.7 Å². The zero-order valence-electron chi connectivity index (χ0n) is 21.1. The van der Waals surface area contributed by atoms with Crippen LogP contribution >= 0.6 is 0 Å². The van der Waals surface area contributed by atoms with Gasteiger partial charge >= 0.3 is 12.1 Å². The van der Waals surface area contributed by atoms with E-state index in [4.69, 9.17) is 23.4 Å². The minimum atomic E-state index is -5.03. The Balaban J connectivity index is 1.61. The van der Waals surface area contributed by atoms with Crippen LogP contribution in [0.1, 0.15) is 23.8 Å². The van der Waals surface area contributed by atoms with Gasteiger partial charge in [-0.3, -0.25) is 4.79 Å². The number of benzene rings is 3. The summed E-state index contributed by atoms with van der Waals surface area (Å²) < 4.78 is 67.5. The molecule has 0 radical (unpaired) electrons. The number of esters is 1. The van der Waals surface area contributed by atoms with Crippen LogP contribution in [0.2, 0.25) is 0 Å². The number of ether oxygens (including phenoxy) is 4. The van der Waals surface area contributed by atoms with Gasteiger partial charge in [-0.2, -0.15) is 13.2 Å². The molecule has 0 N–H and O–H groups in total. The van der Waals surface area contributed by atoms with E-state index in [1.54, 1.807) is 30.3 Å². The Morgan fingerprint density at radius 1 is 0.923 bits per heavy atom. The molecule has 0 unspecified atom stereocenters. The molecule has 0 aliphatic heterocycles. The van der Waals surface area contributed by atoms with Crippen LogP contribution in [0.5, 0.6) is 28.7 Å². The molecule has 0 spiro atoms. The van der Waals surface area contributed by atoms with Gasteiger partial charge in [-0.25, -0.2) is 4.79 Å². The number of halogens is 3. The van der Waals surface area contributed by atoms with E-state index in [9.17, 15) is 22.8 Å². The molecule has 7 nitrogen and oxygen atoms in total. The van der Waals surface area contributed by atoms with Crippen LogP contribution in [-0.4, -0.2) is 20.2 Å². The Kier molecular flexibility index (Phi) is 7.94. The third kappa shape index (κ3) is 6.23. The van der Waals surface area contributed by atoms with Crippen molar-refractivity contribution >= 4 is 23.0 Å². The second-order valence-corrected chi connectivity index (χ2v) is 8.21. The molecular weight excluding hydrogens is 517 g/mol. The summed E-state index contributed by atoms with van der Waals surface area (Å²) in [6.45, 7) is 1.93. The highest BCUT2D eigenvalue weighted by Crippen LogP contribution is 2.38. The molecule has 202 valence electrons. The van der Waals surface area contributed by atoms with Crippen LogP contribution in [0.3, 0.4) is 0 Å². The Bertz CT molecular complexity index is 1590. The minimum absolute atomic E-state index is 0.0520. The SMILES string of the molecule is CCc1ccc(Oc2c(C(F)(F)F)oc3cc(OC(=O)/C=C/c4ccc(OC)c(OC)c4)ccc3c2=O)cc1. The number of rotatable bonds is 8. The van der Waals surface area contributed by atoms with Crippen molar-refractivity contribution < 1.29 is 41.3 Å². The first-order chi connectivity index (χ1) is 18.6. The fourth-order valence-electron chi connectivity index (χ4n) is 3.68. The number of alkyl halides is 3. The normalized spacial score (nSPS) is 11.5. The lowest BCUT2D eigenvalue weighted by atomic mass is 10.1. The van der Waals surface area contributed by atoms with E-state index in [-0.39, 0.29) is 16.9 Å². The lowest BCUT2D eigenvalue weighted by Crippen LogP contribution is -2.15. The summed E-state index contributed by atoms with van der Waals surface area (Å²) in [4.78, 5) is 25.3. The zero-order chi connectivity index (χ0) is 28.2. The van der Waals surface area contributed by atoms with Crippen molar-refractivity contribution in [1.29, 1.82) is 0 Å². The summed E-state index contributed by atoms with van der Waals surface area (Å²) in [5.74, 6) is -2.49. The largest absolute Gasteiger partial charge is 0.493 e. The van der Waals surface area contributed by atoms with Gasteiger partial charge in [-0.15, -0.1) is 0 Å². The molecule has 0 amide bonds. The van der Waals surface area contributed by atoms with E-state index in [1.165, 1.54) is 44.6 Å². The Labute approximate surface area is 221 Å². The van der Waals surface area contributed by atoms with E-state index < -0.39 is 34.7 Å². The van der Waals surface area contributed by atoms with Gasteiger partial charge < -0.3 is 23.4 Å². The average Bonchev–Trinajstić information content (AvgIpc) is 2.92. The van der Waals surface area contributed by atoms with Crippen molar-refractivity contribution in [3.63, 3.8) is 0 Å². The van der Waals surface area contributed by atoms with Gasteiger partial charge in [0.25, 0.3) is 5.76 Å². The number of hydrogen-bond donors (Lipinski definition) is 0. The van der Waals surface area contributed by atoms with E-state index in [0.29, 0.717) is 17.1 Å². The maximum atomic E-state index is 13.8. The molecule has 4 rings (SSSR count). The highest BCUT2D eigenvalue weighted by molar-refractivity contribution is 5.89. The fraction of sp³-hybridized carbons (Fsp3) is 0.172. The first-order valence-corrected chi connectivity index (χ1v) is 11.7. The summed E-state index contributed by atoms with van der Waals surface area (Å²) in [5, 5.41) is -0.177. The Hall–Kier alpha value is -4.73. The van der Waals surface area contributed by atoms with Crippen molar-refractivity contribution in [2.75, 3.05) is 14.2 Å². The maximum Gasteiger partial charge on any atom is 0.453 e. The van der Waals surface area contributed by atoms with Crippen LogP contribution in [-0.2, 0) is 17.4 Å². The molecule has 0 saturated heterocycles. The molecule has 0 aliphatic carbocycles. The molecule has 1 aromatic heterocycles. The Morgan fingerprint density at radius 3 is 2.26 bits per heavy atom. The summed E-state index contributed by atoms with van der Waals surface area (Å²) in [7, 11) is 2.97. The summed E-state index contributed by atoms with van der Waals surface area (Å²) in [6.07, 6.45) is -1.71. The van der Waals surface area contributed by atoms with E-state index in [1.807, 2.05) is 6.92 Å². The molecule has 0 fully saturated rings. The molecule has 0 atom stereocenters. The third-order valence-electron chi connectivity index (χ3n) is 5.67. The fourth-order valence-corrected chi connectivity index (χ4v) is 3.68. The topological polar surface area (TPSA) is 84.2 Å². The van der Waals surface area contributed by atoms with Gasteiger partial charge in [0.2, 0.25) is 11.2 Å². The van der Waals surface area contributed by atoms with Crippen molar-refractivity contribution in [3.05, 3.63) is 93.9 Å². The number of hydrogen-bond acceptors (Lipinski definition) is 7. The summed E-state index contributed by atoms with van der Waals surface area (Å²) in [5.41, 5.74) is 0.120. The van der Waals surface area contributed by atoms with E-state index in [0.717, 1.165) is 24.1 Å². The number of carbonyl (C=O) groups is 1. The molecule has 0 saturated carbocycles. The molecule has 3 aromatic carbocycles. The second-order valence-electron chi connectivity index (χ2n) is 8.21. The molecule has 39 heavy (non-hydrogen) atoms. The highest BCUT2D eigenvalue weighted by Gasteiger charge is 2.40. The molecular formula is C29H23F3O7. The quantitative estimate of drug-likeness (QED) is 0.138. The van der Waals surface area contributed by atoms with Crippen molar-refractivity contribution in [1.82, 2.24) is 0 Å². The molecule has 0 bridgehead atoms. The third-order valence-corrected chi connectivity index (χ3v) is 5.67. The van der Waals surface area contributed by atoms with Crippen LogP contribution in [0.4, 0.5) is 13.2 Å². The Morgan fingerprint density at radius 2 is 1.62 bits per heavy atom. The molecule has 0 aliphatic rings. The second kappa shape index (κ2) is 11.3. The number of fused-ring (bicyclic) bond motifs is 1. The average molecular weight is 540 g/mol. The van der Waals surface area contributed by atoms with Crippen LogP contribution in [0.15, 0.2) is 76.0 Å². The summed E-state index contributed by atoms with van der Waals surface area (Å²) >= 11 is 0. The van der Waals surface area contributed by atoms with Gasteiger partial charge in [0.1, 0.15) is 17.1 Å². The van der Waals surface area contributed by atoms with Gasteiger partial charge in [-0.05, 0) is 60.0 Å². The van der Waals surface area contributed by atoms with Crippen molar-refractivity contribution in [2.24, 2.45) is 0 Å². The predicted octanol–water partition coefficient (Wildman–Crippen LogP) is 6.80. The van der Waals surface area contributed by atoms with E-state index >= 15 is 0 Å². The van der Waals surface area contributed by atoms with Crippen LogP contribution in [0.25, 0.3) is 17.0 Å². The highest BCUT2D eigenvalue weighted by atomic mass is 19.4. The number of methoxy groups -OCH3 is 2. The maximum absolute atomic E-state index is 13.8. The lowest BCUT2D eigenvalue weighted by molar-refractivity contribution is -0.154. The number of carbonyl (C=O) groups excluding carboxylic acids is 1. The standard InChI is InChI=1S/C29H23F3O7/c1-4-17-5-9-19(10-6-17)38-27-26(34)21-12-11-20(16-23(21)39-28(27)29(30,31)32)37-25(33)14-8-18-7-13-22(35-2)24(15-18)36-3/h5-16H,4H2,1-3H3/b14-8+. The molecule has 1 heterocycles. The minimum Gasteiger partial charge on any atom is -0.493 e. The van der Waals surface area contributed by atoms with Gasteiger partial charge in [0.05, 0.1) is 19.6 Å². The van der Waals surface area contributed by atoms with Gasteiger partial charge in [0.15, 0.2) is 11.5 Å². The number of aryl methyl sites for hydroxylation is 1. The van der Waals surface area contributed by atoms with Crippen molar-refractivity contribution in [2.45, 2.75) is 19.5 Å². The predicted molar refractivity (Wildman–Crippen MR) is 138 cm³/mol. The monoisotopic (exact) mass is 540 g/mol. The van der Waals surface area contributed by atoms with E-state index in [2.05, 4.69) is 0 Å². The summed E-state index contributed by atoms with van der Waals surface area (Å²) in [6, 6.07) is 14.8.